The maximum absolute atomic E-state index is 12.6. The molecule has 4 N–H and O–H groups in total. The molecule has 0 saturated heterocycles. The number of sulfonamides is 1. The van der Waals surface area contributed by atoms with Gasteiger partial charge in [-0.3, -0.25) is 0 Å². The van der Waals surface area contributed by atoms with Crippen molar-refractivity contribution in [2.45, 2.75) is 10.1 Å². The smallest absolute Gasteiger partial charge is 0.283 e. The fourth-order valence-corrected chi connectivity index (χ4v) is 2.99. The van der Waals surface area contributed by atoms with Gasteiger partial charge in [0, 0.05) is 11.1 Å². The molecule has 0 atom stereocenters. The summed E-state index contributed by atoms with van der Waals surface area (Å²) in [7, 11) is -3.99. The van der Waals surface area contributed by atoms with E-state index in [4.69, 9.17) is 10.8 Å². The first-order valence-corrected chi connectivity index (χ1v) is 6.45. The van der Waals surface area contributed by atoms with Crippen molar-refractivity contribution in [2.24, 2.45) is 0 Å². The Balaban J connectivity index is 2.74. The number of halogens is 2. The maximum Gasteiger partial charge on any atom is 0.283 e. The molecule has 0 aliphatic heterocycles. The molecular weight excluding hydrogens is 262 g/mol. The minimum absolute atomic E-state index is 0.140. The van der Waals surface area contributed by atoms with E-state index >= 15 is 0 Å². The average molecular weight is 272 g/mol. The minimum atomic E-state index is -3.99. The number of nitrogens with one attached hydrogen (secondary N) is 1. The molecule has 0 bridgehead atoms. The Morgan fingerprint density at radius 2 is 2.19 bits per heavy atom. The van der Waals surface area contributed by atoms with Gasteiger partial charge in [-0.1, -0.05) is 0 Å². The van der Waals surface area contributed by atoms with E-state index in [-0.39, 0.29) is 9.90 Å². The van der Waals surface area contributed by atoms with Crippen molar-refractivity contribution in [1.29, 1.82) is 0 Å². The van der Waals surface area contributed by atoms with Crippen LogP contribution in [-0.2, 0) is 10.0 Å². The Hall–Kier alpha value is -0.770. The summed E-state index contributed by atoms with van der Waals surface area (Å²) in [6, 6.07) is 1.17. The van der Waals surface area contributed by atoms with Crippen molar-refractivity contribution in [3.63, 3.8) is 0 Å². The number of alkyl halides is 2. The second kappa shape index (κ2) is 4.62. The third kappa shape index (κ3) is 3.37. The predicted molar refractivity (Wildman–Crippen MR) is 56.0 cm³/mol. The lowest BCUT2D eigenvalue weighted by Crippen LogP contribution is -2.38. The van der Waals surface area contributed by atoms with Gasteiger partial charge in [0.05, 0.1) is 6.54 Å². The summed E-state index contributed by atoms with van der Waals surface area (Å²) >= 11 is 0.832. The number of aliphatic hydroxyl groups excluding tert-OH is 1. The highest BCUT2D eigenvalue weighted by molar-refractivity contribution is 7.91. The summed E-state index contributed by atoms with van der Waals surface area (Å²) in [6.45, 7) is -2.56. The first-order chi connectivity index (χ1) is 7.27. The van der Waals surface area contributed by atoms with Crippen LogP contribution in [0.1, 0.15) is 0 Å². The van der Waals surface area contributed by atoms with Crippen LogP contribution < -0.4 is 10.5 Å². The molecule has 0 amide bonds. The van der Waals surface area contributed by atoms with Crippen LogP contribution in [-0.4, -0.2) is 32.6 Å². The summed E-state index contributed by atoms with van der Waals surface area (Å²) in [5.74, 6) is -3.48. The average Bonchev–Trinajstić information content (AvgIpc) is 2.63. The third-order valence-electron chi connectivity index (χ3n) is 1.61. The molecule has 0 aromatic carbocycles. The molecule has 1 aromatic heterocycles. The van der Waals surface area contributed by atoms with Gasteiger partial charge in [0.2, 0.25) is 10.0 Å². The van der Waals surface area contributed by atoms with Crippen LogP contribution in [0.4, 0.5) is 14.5 Å². The molecule has 0 unspecified atom stereocenters. The summed E-state index contributed by atoms with van der Waals surface area (Å²) in [5.41, 5.74) is 5.56. The lowest BCUT2D eigenvalue weighted by atomic mass is 10.4. The summed E-state index contributed by atoms with van der Waals surface area (Å²) in [6.07, 6.45) is 0. The first kappa shape index (κ1) is 13.3. The van der Waals surface area contributed by atoms with Crippen LogP contribution in [0.2, 0.25) is 0 Å². The topological polar surface area (TPSA) is 92.4 Å². The molecule has 5 nitrogen and oxygen atoms in total. The van der Waals surface area contributed by atoms with Crippen molar-refractivity contribution in [3.05, 3.63) is 11.4 Å². The molecule has 0 fully saturated rings. The van der Waals surface area contributed by atoms with Crippen LogP contribution in [0, 0.1) is 0 Å². The number of nitrogens with two attached hydrogens (primary N) is 1. The van der Waals surface area contributed by atoms with Gasteiger partial charge in [-0.25, -0.2) is 21.9 Å². The molecular formula is C7H10F2N2O3S2. The van der Waals surface area contributed by atoms with Crippen LogP contribution in [0.5, 0.6) is 0 Å². The van der Waals surface area contributed by atoms with E-state index in [1.165, 1.54) is 11.4 Å². The van der Waals surface area contributed by atoms with E-state index in [2.05, 4.69) is 0 Å². The Kier molecular flexibility index (Phi) is 3.84. The quantitative estimate of drug-likeness (QED) is 0.715. The van der Waals surface area contributed by atoms with Gasteiger partial charge in [0.1, 0.15) is 10.8 Å². The number of thiophene rings is 1. The van der Waals surface area contributed by atoms with Crippen molar-refractivity contribution in [2.75, 3.05) is 18.9 Å². The molecule has 0 saturated carbocycles. The van der Waals surface area contributed by atoms with Gasteiger partial charge >= 0.3 is 0 Å². The number of aliphatic hydroxyl groups is 1. The predicted octanol–water partition coefficient (Wildman–Crippen LogP) is 0.236. The monoisotopic (exact) mass is 272 g/mol. The molecule has 92 valence electrons. The van der Waals surface area contributed by atoms with Crippen LogP contribution in [0.15, 0.2) is 15.7 Å². The summed E-state index contributed by atoms with van der Waals surface area (Å²) in [5, 5.41) is 9.65. The van der Waals surface area contributed by atoms with Crippen LogP contribution in [0.25, 0.3) is 0 Å². The second-order valence-corrected chi connectivity index (χ2v) is 5.94. The maximum atomic E-state index is 12.6. The Morgan fingerprint density at radius 1 is 1.56 bits per heavy atom. The highest BCUT2D eigenvalue weighted by Gasteiger charge is 2.30. The van der Waals surface area contributed by atoms with Gasteiger partial charge in [-0.05, 0) is 6.07 Å². The second-order valence-electron chi connectivity index (χ2n) is 3.04. The summed E-state index contributed by atoms with van der Waals surface area (Å²) < 4.78 is 49.6. The van der Waals surface area contributed by atoms with Crippen molar-refractivity contribution < 1.29 is 22.3 Å². The van der Waals surface area contributed by atoms with E-state index in [1.54, 1.807) is 4.72 Å². The number of hydrogen-bond acceptors (Lipinski definition) is 5. The van der Waals surface area contributed by atoms with E-state index in [0.29, 0.717) is 0 Å². The number of hydrogen-bond donors (Lipinski definition) is 3. The van der Waals surface area contributed by atoms with Gasteiger partial charge in [0.15, 0.2) is 0 Å². The Labute approximate surface area is 94.9 Å². The summed E-state index contributed by atoms with van der Waals surface area (Å²) in [4.78, 5) is 0. The van der Waals surface area contributed by atoms with Crippen LogP contribution >= 0.6 is 11.3 Å². The van der Waals surface area contributed by atoms with Gasteiger partial charge in [-0.2, -0.15) is 0 Å². The zero-order valence-corrected chi connectivity index (χ0v) is 9.62. The van der Waals surface area contributed by atoms with Crippen molar-refractivity contribution >= 4 is 27.0 Å². The molecule has 0 spiro atoms. The lowest BCUT2D eigenvalue weighted by molar-refractivity contribution is -0.0437. The number of anilines is 1. The number of nitrogen functional groups attached to an aromatic ring is 1. The van der Waals surface area contributed by atoms with Crippen molar-refractivity contribution in [1.82, 2.24) is 4.72 Å². The number of rotatable bonds is 5. The molecule has 16 heavy (non-hydrogen) atoms. The molecule has 1 aromatic rings. The fraction of sp³-hybridized carbons (Fsp3) is 0.429. The third-order valence-corrected chi connectivity index (χ3v) is 4.47. The molecule has 0 aliphatic carbocycles. The SMILES string of the molecule is Nc1csc(S(=O)(=O)NCC(F)(F)CO)c1. The van der Waals surface area contributed by atoms with Crippen molar-refractivity contribution in [3.8, 4) is 0 Å². The molecule has 0 radical (unpaired) electrons. The Bertz CT molecular complexity index is 458. The highest BCUT2D eigenvalue weighted by Crippen LogP contribution is 2.22. The van der Waals surface area contributed by atoms with E-state index in [0.717, 1.165) is 11.3 Å². The molecule has 0 aliphatic rings. The van der Waals surface area contributed by atoms with Gasteiger partial charge in [-0.15, -0.1) is 11.3 Å². The fourth-order valence-electron chi connectivity index (χ4n) is 0.799. The molecule has 1 rings (SSSR count). The lowest BCUT2D eigenvalue weighted by Gasteiger charge is -2.13. The first-order valence-electron chi connectivity index (χ1n) is 4.09. The standard InChI is InChI=1S/C7H10F2N2O3S2/c8-7(9,4-12)3-11-16(13,14)6-1-5(10)2-15-6/h1-2,11-12H,3-4,10H2. The molecule has 1 heterocycles. The molecule has 9 heteroatoms. The van der Waals surface area contributed by atoms with E-state index < -0.39 is 29.1 Å². The Morgan fingerprint density at radius 3 is 2.62 bits per heavy atom. The largest absolute Gasteiger partial charge is 0.398 e. The van der Waals surface area contributed by atoms with Gasteiger partial charge < -0.3 is 10.8 Å². The van der Waals surface area contributed by atoms with Gasteiger partial charge in [0.25, 0.3) is 5.92 Å². The van der Waals surface area contributed by atoms with E-state index in [9.17, 15) is 17.2 Å². The normalized spacial score (nSPS) is 12.9. The zero-order valence-electron chi connectivity index (χ0n) is 7.98. The zero-order chi connectivity index (χ0) is 12.4. The highest BCUT2D eigenvalue weighted by atomic mass is 32.2. The minimum Gasteiger partial charge on any atom is -0.398 e. The van der Waals surface area contributed by atoms with Crippen LogP contribution in [0.3, 0.4) is 0 Å². The van der Waals surface area contributed by atoms with E-state index in [1.807, 2.05) is 0 Å².